The van der Waals surface area contributed by atoms with E-state index >= 15 is 0 Å². The second kappa shape index (κ2) is 12.6. The molecule has 0 heterocycles. The number of carbonyl (C=O) groups is 1. The first-order valence-electron chi connectivity index (χ1n) is 8.53. The van der Waals surface area contributed by atoms with Gasteiger partial charge in [0.15, 0.2) is 0 Å². The molecule has 25 heavy (non-hydrogen) atoms. The monoisotopic (exact) mass is 410 g/mol. The fourth-order valence-corrected chi connectivity index (χ4v) is 2.62. The van der Waals surface area contributed by atoms with Crippen molar-refractivity contribution in [3.8, 4) is 11.5 Å². The summed E-state index contributed by atoms with van der Waals surface area (Å²) in [6.07, 6.45) is 9.59. The molecule has 138 valence electrons. The average molecular weight is 411 g/mol. The van der Waals surface area contributed by atoms with Gasteiger partial charge >= 0.3 is 5.97 Å². The van der Waals surface area contributed by atoms with Crippen LogP contribution in [0.3, 0.4) is 0 Å². The van der Waals surface area contributed by atoms with Crippen LogP contribution in [0.25, 0.3) is 0 Å². The van der Waals surface area contributed by atoms with Crippen LogP contribution in [0.15, 0.2) is 41.9 Å². The fraction of sp³-hybridized carbons (Fsp3) is 0.450. The van der Waals surface area contributed by atoms with Crippen molar-refractivity contribution in [1.29, 1.82) is 0 Å². The van der Waals surface area contributed by atoms with Crippen LogP contribution in [0.2, 0.25) is 0 Å². The molecule has 1 aromatic rings. The van der Waals surface area contributed by atoms with E-state index in [-0.39, 0.29) is 0 Å². The Labute approximate surface area is 159 Å². The molecule has 0 amide bonds. The van der Waals surface area contributed by atoms with Gasteiger partial charge in [-0.2, -0.15) is 0 Å². The quantitative estimate of drug-likeness (QED) is 0.237. The summed E-state index contributed by atoms with van der Waals surface area (Å²) >= 11 is 3.52. The van der Waals surface area contributed by atoms with Gasteiger partial charge in [0.25, 0.3) is 0 Å². The van der Waals surface area contributed by atoms with Gasteiger partial charge in [-0.05, 0) is 66.6 Å². The van der Waals surface area contributed by atoms with Gasteiger partial charge in [0.05, 0.1) is 25.9 Å². The molecule has 0 aliphatic carbocycles. The predicted octanol–water partition coefficient (Wildman–Crippen LogP) is 5.71. The smallest absolute Gasteiger partial charge is 0.338 e. The number of esters is 1. The van der Waals surface area contributed by atoms with E-state index < -0.39 is 5.97 Å². The number of hydrogen-bond donors (Lipinski definition) is 0. The van der Waals surface area contributed by atoms with Gasteiger partial charge in [0, 0.05) is 0 Å². The first-order valence-corrected chi connectivity index (χ1v) is 9.32. The van der Waals surface area contributed by atoms with Gasteiger partial charge in [-0.15, -0.1) is 13.2 Å². The maximum absolute atomic E-state index is 11.9. The van der Waals surface area contributed by atoms with Gasteiger partial charge in [0.1, 0.15) is 16.0 Å². The zero-order valence-corrected chi connectivity index (χ0v) is 16.5. The molecule has 0 N–H and O–H groups in total. The molecular weight excluding hydrogens is 384 g/mol. The van der Waals surface area contributed by atoms with Gasteiger partial charge in [-0.1, -0.05) is 12.2 Å². The predicted molar refractivity (Wildman–Crippen MR) is 105 cm³/mol. The van der Waals surface area contributed by atoms with Gasteiger partial charge < -0.3 is 14.2 Å². The van der Waals surface area contributed by atoms with Crippen LogP contribution in [0.4, 0.5) is 0 Å². The Balaban J connectivity index is 2.79. The molecule has 0 radical (unpaired) electrons. The van der Waals surface area contributed by atoms with Crippen molar-refractivity contribution >= 4 is 21.9 Å². The topological polar surface area (TPSA) is 44.8 Å². The van der Waals surface area contributed by atoms with E-state index in [1.807, 2.05) is 12.2 Å². The van der Waals surface area contributed by atoms with Crippen molar-refractivity contribution in [3.05, 3.63) is 47.5 Å². The molecule has 0 unspecified atom stereocenters. The van der Waals surface area contributed by atoms with Gasteiger partial charge in [-0.3, -0.25) is 0 Å². The highest BCUT2D eigenvalue weighted by Gasteiger charge is 2.16. The van der Waals surface area contributed by atoms with Gasteiger partial charge in [-0.25, -0.2) is 4.79 Å². The number of rotatable bonds is 13. The van der Waals surface area contributed by atoms with Crippen LogP contribution in [0.1, 0.15) is 48.9 Å². The third-order valence-corrected chi connectivity index (χ3v) is 4.33. The molecule has 1 rings (SSSR count). The second-order valence-corrected chi connectivity index (χ2v) is 6.34. The lowest BCUT2D eigenvalue weighted by molar-refractivity contribution is 0.0599. The normalized spacial score (nSPS) is 10.2. The summed E-state index contributed by atoms with van der Waals surface area (Å²) in [5, 5.41) is 0. The van der Waals surface area contributed by atoms with Crippen LogP contribution >= 0.6 is 15.9 Å². The van der Waals surface area contributed by atoms with E-state index in [1.54, 1.807) is 12.1 Å². The second-order valence-electron chi connectivity index (χ2n) is 5.54. The Morgan fingerprint density at radius 3 is 1.88 bits per heavy atom. The maximum atomic E-state index is 11.9. The van der Waals surface area contributed by atoms with Gasteiger partial charge in [0.2, 0.25) is 0 Å². The first kappa shape index (κ1) is 21.3. The van der Waals surface area contributed by atoms with Crippen molar-refractivity contribution in [1.82, 2.24) is 0 Å². The maximum Gasteiger partial charge on any atom is 0.338 e. The third-order valence-electron chi connectivity index (χ3n) is 3.55. The largest absolute Gasteiger partial charge is 0.492 e. The first-order chi connectivity index (χ1) is 12.1. The minimum Gasteiger partial charge on any atom is -0.492 e. The molecule has 0 aliphatic rings. The van der Waals surface area contributed by atoms with Crippen LogP contribution < -0.4 is 9.47 Å². The van der Waals surface area contributed by atoms with Crippen molar-refractivity contribution in [3.63, 3.8) is 0 Å². The summed E-state index contributed by atoms with van der Waals surface area (Å²) < 4.78 is 17.2. The molecule has 0 fully saturated rings. The summed E-state index contributed by atoms with van der Waals surface area (Å²) in [5.41, 5.74) is 0.410. The Morgan fingerprint density at radius 1 is 1.00 bits per heavy atom. The standard InChI is InChI=1S/C20H27BrO4/c1-4-6-8-10-12-24-17-14-16(20(22)23-3)15-18(19(17)21)25-13-11-9-7-5-2/h4-5,14-15H,1-2,6-13H2,3H3. The van der Waals surface area contributed by atoms with Crippen LogP contribution in [-0.2, 0) is 4.74 Å². The molecule has 0 atom stereocenters. The van der Waals surface area contributed by atoms with Crippen LogP contribution in [0.5, 0.6) is 11.5 Å². The van der Waals surface area contributed by atoms with E-state index in [9.17, 15) is 4.79 Å². The lowest BCUT2D eigenvalue weighted by atomic mass is 10.2. The Morgan fingerprint density at radius 2 is 1.48 bits per heavy atom. The van der Waals surface area contributed by atoms with Crippen LogP contribution in [0, 0.1) is 0 Å². The van der Waals surface area contributed by atoms with E-state index in [1.165, 1.54) is 7.11 Å². The van der Waals surface area contributed by atoms with Crippen molar-refractivity contribution < 1.29 is 19.0 Å². The lowest BCUT2D eigenvalue weighted by Crippen LogP contribution is -2.06. The lowest BCUT2D eigenvalue weighted by Gasteiger charge is -2.14. The molecule has 0 spiro atoms. The summed E-state index contributed by atoms with van der Waals surface area (Å²) in [6.45, 7) is 8.55. The van der Waals surface area contributed by atoms with Crippen molar-refractivity contribution in [2.75, 3.05) is 20.3 Å². The SMILES string of the molecule is C=CCCCCOc1cc(C(=O)OC)cc(OCCCCC=C)c1Br. The molecule has 5 heteroatoms. The number of benzene rings is 1. The summed E-state index contributed by atoms with van der Waals surface area (Å²) in [4.78, 5) is 11.9. The van der Waals surface area contributed by atoms with E-state index in [4.69, 9.17) is 14.2 Å². The van der Waals surface area contributed by atoms with Crippen molar-refractivity contribution in [2.24, 2.45) is 0 Å². The fourth-order valence-electron chi connectivity index (χ4n) is 2.16. The Kier molecular flexibility index (Phi) is 10.7. The van der Waals surface area contributed by atoms with Crippen LogP contribution in [-0.4, -0.2) is 26.3 Å². The molecule has 4 nitrogen and oxygen atoms in total. The molecular formula is C20H27BrO4. The zero-order chi connectivity index (χ0) is 18.5. The highest BCUT2D eigenvalue weighted by Crippen LogP contribution is 2.36. The summed E-state index contributed by atoms with van der Waals surface area (Å²) in [6, 6.07) is 3.35. The number of carbonyl (C=O) groups excluding carboxylic acids is 1. The molecule has 0 saturated carbocycles. The number of halogens is 1. The molecule has 0 saturated heterocycles. The number of hydrogen-bond acceptors (Lipinski definition) is 4. The summed E-state index contributed by atoms with van der Waals surface area (Å²) in [7, 11) is 1.36. The Hall–Kier alpha value is -1.75. The highest BCUT2D eigenvalue weighted by atomic mass is 79.9. The molecule has 0 aromatic heterocycles. The number of unbranched alkanes of at least 4 members (excludes halogenated alkanes) is 4. The molecule has 1 aromatic carbocycles. The zero-order valence-electron chi connectivity index (χ0n) is 14.9. The van der Waals surface area contributed by atoms with Crippen molar-refractivity contribution in [2.45, 2.75) is 38.5 Å². The van der Waals surface area contributed by atoms with E-state index in [0.717, 1.165) is 38.5 Å². The van der Waals surface area contributed by atoms with E-state index in [0.29, 0.717) is 34.7 Å². The van der Waals surface area contributed by atoms with E-state index in [2.05, 4.69) is 29.1 Å². The average Bonchev–Trinajstić information content (AvgIpc) is 2.62. The third kappa shape index (κ3) is 7.78. The minimum atomic E-state index is -0.416. The number of ether oxygens (including phenoxy) is 3. The molecule has 0 bridgehead atoms. The number of allylic oxidation sites excluding steroid dienone is 2. The minimum absolute atomic E-state index is 0.410. The Bertz CT molecular complexity index is 530. The molecule has 0 aliphatic heterocycles. The highest BCUT2D eigenvalue weighted by molar-refractivity contribution is 9.10. The number of methoxy groups -OCH3 is 1. The summed E-state index contributed by atoms with van der Waals surface area (Å²) in [5.74, 6) is 0.755.